The summed E-state index contributed by atoms with van der Waals surface area (Å²) in [7, 11) is 0. The molecule has 1 aromatic heterocycles. The molecule has 0 aliphatic carbocycles. The number of hydrogen-bond acceptors (Lipinski definition) is 6. The molecule has 0 fully saturated rings. The number of nitrogens with one attached hydrogen (secondary N) is 1. The quantitative estimate of drug-likeness (QED) is 0.417. The first-order valence-electron chi connectivity index (χ1n) is 9.73. The van der Waals surface area contributed by atoms with E-state index in [0.717, 1.165) is 12.1 Å². The Bertz CT molecular complexity index is 1240. The van der Waals surface area contributed by atoms with Crippen LogP contribution in [-0.2, 0) is 6.61 Å². The van der Waals surface area contributed by atoms with Crippen molar-refractivity contribution in [3.8, 4) is 11.6 Å². The highest BCUT2D eigenvalue weighted by atomic mass is 79.9. The summed E-state index contributed by atoms with van der Waals surface area (Å²) in [6.07, 6.45) is 0.126. The Kier molecular flexibility index (Phi) is 7.90. The smallest absolute Gasteiger partial charge is 0.276 e. The summed E-state index contributed by atoms with van der Waals surface area (Å²) >= 11 is 3.15. The van der Waals surface area contributed by atoms with E-state index in [4.69, 9.17) is 9.84 Å². The van der Waals surface area contributed by atoms with Crippen LogP contribution in [0.25, 0.3) is 5.69 Å². The Labute approximate surface area is 195 Å². The Morgan fingerprint density at radius 3 is 2.73 bits per heavy atom. The molecule has 174 valence electrons. The average molecular weight is 524 g/mol. The second-order valence-electron chi connectivity index (χ2n) is 7.11. The van der Waals surface area contributed by atoms with Gasteiger partial charge in [-0.25, -0.2) is 13.8 Å². The third kappa shape index (κ3) is 5.81. The Morgan fingerprint density at radius 1 is 1.27 bits per heavy atom. The first-order valence-corrected chi connectivity index (χ1v) is 10.5. The van der Waals surface area contributed by atoms with Crippen LogP contribution in [0.15, 0.2) is 52.0 Å². The maximum Gasteiger partial charge on any atom is 0.276 e. The highest BCUT2D eigenvalue weighted by molar-refractivity contribution is 9.10. The molecule has 1 heterocycles. The lowest BCUT2D eigenvalue weighted by molar-refractivity contribution is 0.0802. The molecule has 3 N–H and O–H groups in total. The molecule has 1 unspecified atom stereocenters. The van der Waals surface area contributed by atoms with E-state index in [1.807, 2.05) is 0 Å². The first kappa shape index (κ1) is 24.5. The zero-order valence-electron chi connectivity index (χ0n) is 17.4. The first-order chi connectivity index (χ1) is 15.7. The van der Waals surface area contributed by atoms with E-state index in [1.165, 1.54) is 23.0 Å². The van der Waals surface area contributed by atoms with Crippen LogP contribution in [-0.4, -0.2) is 44.9 Å². The van der Waals surface area contributed by atoms with Crippen molar-refractivity contribution in [2.45, 2.75) is 19.6 Å². The molecule has 1 atom stereocenters. The molecule has 0 aliphatic heterocycles. The van der Waals surface area contributed by atoms with Crippen molar-refractivity contribution in [3.63, 3.8) is 0 Å². The van der Waals surface area contributed by atoms with Crippen LogP contribution in [0.2, 0.25) is 0 Å². The number of carbonyl (C=O) groups excluding carboxylic acids is 1. The number of rotatable bonds is 8. The molecule has 0 radical (unpaired) electrons. The molecular formula is C22H20BrF2N3O5. The topological polar surface area (TPSA) is 114 Å². The summed E-state index contributed by atoms with van der Waals surface area (Å²) < 4.78 is 33.5. The van der Waals surface area contributed by atoms with Gasteiger partial charge in [0, 0.05) is 23.7 Å². The predicted octanol–water partition coefficient (Wildman–Crippen LogP) is 2.24. The minimum absolute atomic E-state index is 0.0205. The van der Waals surface area contributed by atoms with Crippen molar-refractivity contribution >= 4 is 21.8 Å². The highest BCUT2D eigenvalue weighted by Gasteiger charge is 2.16. The largest absolute Gasteiger partial charge is 0.472 e. The van der Waals surface area contributed by atoms with Gasteiger partial charge < -0.3 is 20.3 Å². The molecule has 1 amide bonds. The maximum absolute atomic E-state index is 13.8. The fourth-order valence-electron chi connectivity index (χ4n) is 2.86. The van der Waals surface area contributed by atoms with Crippen LogP contribution >= 0.6 is 15.9 Å². The molecule has 11 heteroatoms. The third-order valence-electron chi connectivity index (χ3n) is 4.70. The maximum atomic E-state index is 13.8. The average Bonchev–Trinajstić information content (AvgIpc) is 2.79. The molecule has 8 nitrogen and oxygen atoms in total. The van der Waals surface area contributed by atoms with Crippen molar-refractivity contribution in [1.29, 1.82) is 0 Å². The zero-order chi connectivity index (χ0) is 24.1. The van der Waals surface area contributed by atoms with Crippen molar-refractivity contribution < 1.29 is 28.5 Å². The number of aromatic nitrogens is 2. The SMILES string of the molecule is Cc1ccc(C(=O)NCC(O)CO)cc1-n1cnc(OCc2ccc(F)cc2F)c(Br)c1=O. The molecule has 33 heavy (non-hydrogen) atoms. The van der Waals surface area contributed by atoms with Crippen molar-refractivity contribution in [3.05, 3.63) is 85.9 Å². The number of aliphatic hydroxyl groups is 2. The minimum atomic E-state index is -1.09. The molecule has 0 saturated heterocycles. The number of ether oxygens (including phenoxy) is 1. The fraction of sp³-hybridized carbons (Fsp3) is 0.227. The number of halogens is 3. The van der Waals surface area contributed by atoms with Crippen LogP contribution in [0.4, 0.5) is 8.78 Å². The lowest BCUT2D eigenvalue weighted by Crippen LogP contribution is -2.34. The van der Waals surface area contributed by atoms with E-state index < -0.39 is 35.8 Å². The normalized spacial score (nSPS) is 11.8. The number of hydrogen-bond donors (Lipinski definition) is 3. The van der Waals surface area contributed by atoms with Gasteiger partial charge in [0.25, 0.3) is 11.5 Å². The van der Waals surface area contributed by atoms with Crippen LogP contribution in [0.3, 0.4) is 0 Å². The molecule has 3 aromatic rings. The van der Waals surface area contributed by atoms with E-state index in [-0.39, 0.29) is 34.6 Å². The number of amides is 1. The van der Waals surface area contributed by atoms with Gasteiger partial charge in [-0.15, -0.1) is 0 Å². The Morgan fingerprint density at radius 2 is 2.03 bits per heavy atom. The second kappa shape index (κ2) is 10.6. The van der Waals surface area contributed by atoms with Crippen LogP contribution in [0.5, 0.6) is 5.88 Å². The third-order valence-corrected chi connectivity index (χ3v) is 5.38. The standard InChI is InChI=1S/C22H20BrF2N3O5/c1-12-2-3-13(20(31)26-8-16(30)9-29)6-18(12)28-11-27-21(19(23)22(28)32)33-10-14-4-5-15(24)7-17(14)25/h2-7,11,16,29-30H,8-10H2,1H3,(H,26,31). The fourth-order valence-corrected chi connectivity index (χ4v) is 3.27. The molecular weight excluding hydrogens is 504 g/mol. The van der Waals surface area contributed by atoms with Crippen LogP contribution < -0.4 is 15.6 Å². The lowest BCUT2D eigenvalue weighted by Gasteiger charge is -2.14. The van der Waals surface area contributed by atoms with E-state index in [0.29, 0.717) is 11.3 Å². The van der Waals surface area contributed by atoms with Gasteiger partial charge in [0.15, 0.2) is 0 Å². The van der Waals surface area contributed by atoms with Gasteiger partial charge in [0.05, 0.1) is 18.4 Å². The summed E-state index contributed by atoms with van der Waals surface area (Å²) in [6, 6.07) is 7.75. The van der Waals surface area contributed by atoms with E-state index in [1.54, 1.807) is 19.1 Å². The number of nitrogens with zero attached hydrogens (tertiary/aromatic N) is 2. The Hall–Kier alpha value is -3.15. The van der Waals surface area contributed by atoms with E-state index in [9.17, 15) is 23.5 Å². The number of aliphatic hydroxyl groups excluding tert-OH is 2. The van der Waals surface area contributed by atoms with Crippen LogP contribution in [0.1, 0.15) is 21.5 Å². The predicted molar refractivity (Wildman–Crippen MR) is 118 cm³/mol. The molecule has 0 saturated carbocycles. The van der Waals surface area contributed by atoms with Gasteiger partial charge in [-0.05, 0) is 52.7 Å². The van der Waals surface area contributed by atoms with Crippen LogP contribution in [0, 0.1) is 18.6 Å². The van der Waals surface area contributed by atoms with Gasteiger partial charge in [-0.1, -0.05) is 6.07 Å². The van der Waals surface area contributed by atoms with Gasteiger partial charge in [0.1, 0.15) is 29.0 Å². The lowest BCUT2D eigenvalue weighted by atomic mass is 10.1. The zero-order valence-corrected chi connectivity index (χ0v) is 19.0. The van der Waals surface area contributed by atoms with E-state index >= 15 is 0 Å². The monoisotopic (exact) mass is 523 g/mol. The number of aryl methyl sites for hydroxylation is 1. The summed E-state index contributed by atoms with van der Waals surface area (Å²) in [5, 5.41) is 20.7. The number of carbonyl (C=O) groups is 1. The molecule has 0 aliphatic rings. The summed E-state index contributed by atoms with van der Waals surface area (Å²) in [4.78, 5) is 29.4. The summed E-state index contributed by atoms with van der Waals surface area (Å²) in [5.74, 6) is -2.07. The van der Waals surface area contributed by atoms with E-state index in [2.05, 4.69) is 26.2 Å². The highest BCUT2D eigenvalue weighted by Crippen LogP contribution is 2.22. The number of benzene rings is 2. The van der Waals surface area contributed by atoms with Crippen molar-refractivity contribution in [2.24, 2.45) is 0 Å². The van der Waals surface area contributed by atoms with Gasteiger partial charge in [-0.2, -0.15) is 0 Å². The van der Waals surface area contributed by atoms with Gasteiger partial charge in [0.2, 0.25) is 5.88 Å². The summed E-state index contributed by atoms with van der Waals surface area (Å²) in [6.45, 7) is 0.854. The summed E-state index contributed by atoms with van der Waals surface area (Å²) in [5.41, 5.74) is 0.862. The van der Waals surface area contributed by atoms with Crippen molar-refractivity contribution in [1.82, 2.24) is 14.9 Å². The Balaban J connectivity index is 1.84. The molecule has 2 aromatic carbocycles. The molecule has 0 spiro atoms. The molecule has 3 rings (SSSR count). The van der Waals surface area contributed by atoms with Gasteiger partial charge >= 0.3 is 0 Å². The molecule has 0 bridgehead atoms. The van der Waals surface area contributed by atoms with Gasteiger partial charge in [-0.3, -0.25) is 14.2 Å². The second-order valence-corrected chi connectivity index (χ2v) is 7.90. The van der Waals surface area contributed by atoms with Crippen molar-refractivity contribution in [2.75, 3.05) is 13.2 Å². The minimum Gasteiger partial charge on any atom is -0.472 e.